The van der Waals surface area contributed by atoms with E-state index >= 15 is 0 Å². The number of nitrogens with zero attached hydrogens (tertiary/aromatic N) is 1. The first-order chi connectivity index (χ1) is 15.0. The van der Waals surface area contributed by atoms with Crippen LogP contribution < -0.4 is 25.0 Å². The van der Waals surface area contributed by atoms with Crippen molar-refractivity contribution in [2.45, 2.75) is 0 Å². The number of ether oxygens (including phenoxy) is 3. The molecule has 0 radical (unpaired) electrons. The third kappa shape index (κ3) is 5.07. The van der Waals surface area contributed by atoms with Crippen LogP contribution in [0, 0.1) is 0 Å². The minimum atomic E-state index is -0.499. The predicted molar refractivity (Wildman–Crippen MR) is 121 cm³/mol. The second-order valence-corrected chi connectivity index (χ2v) is 7.60. The monoisotopic (exact) mass is 461 g/mol. The summed E-state index contributed by atoms with van der Waals surface area (Å²) in [6.07, 6.45) is 1.41. The highest BCUT2D eigenvalue weighted by Crippen LogP contribution is 2.35. The smallest absolute Gasteiger partial charge is 0.263 e. The number of hydrogen-bond acceptors (Lipinski definition) is 7. The number of methoxy groups -OCH3 is 3. The van der Waals surface area contributed by atoms with Crippen molar-refractivity contribution in [1.82, 2.24) is 10.7 Å². The molecule has 31 heavy (non-hydrogen) atoms. The van der Waals surface area contributed by atoms with E-state index in [0.717, 1.165) is 10.1 Å². The van der Waals surface area contributed by atoms with Crippen molar-refractivity contribution in [2.75, 3.05) is 27.9 Å². The molecule has 0 bridgehead atoms. The molecule has 0 saturated heterocycles. The molecule has 3 rings (SSSR count). The third-order valence-electron chi connectivity index (χ3n) is 4.28. The van der Waals surface area contributed by atoms with Crippen LogP contribution in [0.3, 0.4) is 0 Å². The zero-order chi connectivity index (χ0) is 22.4. The molecule has 162 valence electrons. The molecule has 0 aliphatic carbocycles. The van der Waals surface area contributed by atoms with Gasteiger partial charge in [-0.2, -0.15) is 5.10 Å². The quantitative estimate of drug-likeness (QED) is 0.395. The maximum atomic E-state index is 12.4. The fourth-order valence-electron chi connectivity index (χ4n) is 2.77. The summed E-state index contributed by atoms with van der Waals surface area (Å²) in [4.78, 5) is 24.8. The van der Waals surface area contributed by atoms with Gasteiger partial charge in [0.05, 0.1) is 39.1 Å². The number of nitrogens with one attached hydrogen (secondary N) is 2. The van der Waals surface area contributed by atoms with Gasteiger partial charge >= 0.3 is 0 Å². The van der Waals surface area contributed by atoms with Gasteiger partial charge in [-0.15, -0.1) is 11.3 Å². The highest BCUT2D eigenvalue weighted by molar-refractivity contribution is 7.21. The Balaban J connectivity index is 1.60. The molecule has 2 N–H and O–H groups in total. The number of benzene rings is 2. The summed E-state index contributed by atoms with van der Waals surface area (Å²) < 4.78 is 16.7. The first-order valence-corrected chi connectivity index (χ1v) is 10.2. The molecule has 0 saturated carbocycles. The van der Waals surface area contributed by atoms with Gasteiger partial charge in [-0.1, -0.05) is 29.8 Å². The summed E-state index contributed by atoms with van der Waals surface area (Å²) in [5, 5.41) is 7.63. The van der Waals surface area contributed by atoms with Gasteiger partial charge in [-0.05, 0) is 12.1 Å². The van der Waals surface area contributed by atoms with Crippen molar-refractivity contribution in [1.29, 1.82) is 0 Å². The maximum absolute atomic E-state index is 12.4. The lowest BCUT2D eigenvalue weighted by molar-refractivity contribution is -0.120. The van der Waals surface area contributed by atoms with Gasteiger partial charge in [0, 0.05) is 21.7 Å². The lowest BCUT2D eigenvalue weighted by Crippen LogP contribution is -2.34. The van der Waals surface area contributed by atoms with Crippen LogP contribution in [0.5, 0.6) is 17.2 Å². The van der Waals surface area contributed by atoms with Crippen LogP contribution >= 0.6 is 22.9 Å². The van der Waals surface area contributed by atoms with E-state index in [9.17, 15) is 9.59 Å². The molecule has 0 fully saturated rings. The Morgan fingerprint density at radius 1 is 1.06 bits per heavy atom. The van der Waals surface area contributed by atoms with Crippen molar-refractivity contribution in [3.63, 3.8) is 0 Å². The van der Waals surface area contributed by atoms with Crippen LogP contribution in [0.15, 0.2) is 41.5 Å². The lowest BCUT2D eigenvalue weighted by atomic mass is 10.2. The van der Waals surface area contributed by atoms with E-state index < -0.39 is 11.8 Å². The Kier molecular flexibility index (Phi) is 7.32. The standard InChI is InChI=1S/C21H20ClN3O5S/c1-28-14-9-16(30-3)15(29-2)8-12(14)10-24-25-18(26)11-23-21(27)20-19(22)13-6-4-5-7-17(13)31-20/h4-10H,11H2,1-3H3,(H,23,27)(H,25,26)/b24-10-. The van der Waals surface area contributed by atoms with Crippen LogP contribution in [0.4, 0.5) is 0 Å². The Bertz CT molecular complexity index is 1150. The van der Waals surface area contributed by atoms with E-state index in [1.807, 2.05) is 24.3 Å². The zero-order valence-electron chi connectivity index (χ0n) is 17.0. The highest BCUT2D eigenvalue weighted by atomic mass is 35.5. The second kappa shape index (κ2) is 10.1. The third-order valence-corrected chi connectivity index (χ3v) is 5.95. The molecule has 8 nitrogen and oxygen atoms in total. The molecule has 1 aromatic heterocycles. The van der Waals surface area contributed by atoms with Crippen LogP contribution in [-0.4, -0.2) is 45.9 Å². The first kappa shape index (κ1) is 22.4. The number of amides is 2. The molecular weight excluding hydrogens is 442 g/mol. The molecule has 2 amide bonds. The predicted octanol–water partition coefficient (Wildman–Crippen LogP) is 3.46. The molecule has 0 aliphatic heterocycles. The molecule has 0 atom stereocenters. The van der Waals surface area contributed by atoms with Crippen LogP contribution in [0.2, 0.25) is 5.02 Å². The van der Waals surface area contributed by atoms with Crippen molar-refractivity contribution in [3.8, 4) is 17.2 Å². The molecule has 0 spiro atoms. The van der Waals surface area contributed by atoms with E-state index in [1.165, 1.54) is 38.9 Å². The van der Waals surface area contributed by atoms with Gasteiger partial charge in [0.25, 0.3) is 11.8 Å². The van der Waals surface area contributed by atoms with Crippen molar-refractivity contribution in [2.24, 2.45) is 5.10 Å². The number of hydrogen-bond donors (Lipinski definition) is 2. The first-order valence-electron chi connectivity index (χ1n) is 9.05. The Labute approximate surface area is 187 Å². The highest BCUT2D eigenvalue weighted by Gasteiger charge is 2.17. The summed E-state index contributed by atoms with van der Waals surface area (Å²) in [7, 11) is 4.54. The molecule has 2 aromatic carbocycles. The average Bonchev–Trinajstić information content (AvgIpc) is 3.13. The maximum Gasteiger partial charge on any atom is 0.263 e. The summed E-state index contributed by atoms with van der Waals surface area (Å²) in [6.45, 7) is -0.260. The summed E-state index contributed by atoms with van der Waals surface area (Å²) in [6, 6.07) is 10.8. The Morgan fingerprint density at radius 3 is 2.42 bits per heavy atom. The van der Waals surface area contributed by atoms with Gasteiger partial charge in [0.1, 0.15) is 10.6 Å². The van der Waals surface area contributed by atoms with E-state index in [4.69, 9.17) is 25.8 Å². The summed E-state index contributed by atoms with van der Waals surface area (Å²) >= 11 is 7.56. The van der Waals surface area contributed by atoms with Crippen molar-refractivity contribution >= 4 is 51.1 Å². The zero-order valence-corrected chi connectivity index (χ0v) is 18.6. The molecule has 10 heteroatoms. The molecule has 0 unspecified atom stereocenters. The molecule has 3 aromatic rings. The van der Waals surface area contributed by atoms with Crippen molar-refractivity contribution < 1.29 is 23.8 Å². The number of rotatable bonds is 8. The van der Waals surface area contributed by atoms with Crippen LogP contribution in [-0.2, 0) is 4.79 Å². The fraction of sp³-hybridized carbons (Fsp3) is 0.190. The molecule has 0 aliphatic rings. The molecular formula is C21H20ClN3O5S. The lowest BCUT2D eigenvalue weighted by Gasteiger charge is -2.11. The largest absolute Gasteiger partial charge is 0.496 e. The molecule has 1 heterocycles. The minimum absolute atomic E-state index is 0.260. The normalized spacial score (nSPS) is 10.8. The number of carbonyl (C=O) groups excluding carboxylic acids is 2. The van der Waals surface area contributed by atoms with Gasteiger partial charge in [0.15, 0.2) is 11.5 Å². The van der Waals surface area contributed by atoms with Crippen molar-refractivity contribution in [3.05, 3.63) is 51.9 Å². The van der Waals surface area contributed by atoms with Gasteiger partial charge in [0.2, 0.25) is 0 Å². The number of hydrazone groups is 1. The number of halogens is 1. The van der Waals surface area contributed by atoms with E-state index in [1.54, 1.807) is 12.1 Å². The van der Waals surface area contributed by atoms with Gasteiger partial charge < -0.3 is 19.5 Å². The average molecular weight is 462 g/mol. The summed E-state index contributed by atoms with van der Waals surface area (Å²) in [5.41, 5.74) is 2.93. The number of thiophene rings is 1. The van der Waals surface area contributed by atoms with Gasteiger partial charge in [-0.3, -0.25) is 9.59 Å². The number of carbonyl (C=O) groups is 2. The second-order valence-electron chi connectivity index (χ2n) is 6.17. The number of fused-ring (bicyclic) bond motifs is 1. The Morgan fingerprint density at radius 2 is 1.74 bits per heavy atom. The minimum Gasteiger partial charge on any atom is -0.496 e. The van der Waals surface area contributed by atoms with E-state index in [-0.39, 0.29) is 6.54 Å². The Hall–Kier alpha value is -3.30. The van der Waals surface area contributed by atoms with Gasteiger partial charge in [-0.25, -0.2) is 5.43 Å². The van der Waals surface area contributed by atoms with E-state index in [2.05, 4.69) is 15.8 Å². The van der Waals surface area contributed by atoms with E-state index in [0.29, 0.717) is 32.7 Å². The topological polar surface area (TPSA) is 98.2 Å². The fourth-order valence-corrected chi connectivity index (χ4v) is 4.20. The van der Waals surface area contributed by atoms with Crippen LogP contribution in [0.1, 0.15) is 15.2 Å². The summed E-state index contributed by atoms with van der Waals surface area (Å²) in [5.74, 6) is 0.559. The van der Waals surface area contributed by atoms with Crippen LogP contribution in [0.25, 0.3) is 10.1 Å². The SMILES string of the molecule is COc1cc(OC)c(OC)cc1/C=N\NC(=O)CNC(=O)c1sc2ccccc2c1Cl.